The van der Waals surface area contributed by atoms with Gasteiger partial charge in [-0.05, 0) is 19.8 Å². The van der Waals surface area contributed by atoms with Gasteiger partial charge in [0.25, 0.3) is 5.69 Å². The summed E-state index contributed by atoms with van der Waals surface area (Å²) in [6, 6.07) is -0.475. The average Bonchev–Trinajstić information content (AvgIpc) is 2.40. The van der Waals surface area contributed by atoms with Gasteiger partial charge in [-0.2, -0.15) is 0 Å². The molecule has 7 heteroatoms. The van der Waals surface area contributed by atoms with Gasteiger partial charge in [0.05, 0.1) is 17.7 Å². The number of aromatic nitrogens is 1. The standard InChI is InChI=1S/C14H21N3O4/c1-8(2)12(14(18)21-5)16-7-11-10(4)13(17(19)20)9(3)6-15-11/h6,8,12,16H,7H2,1-5H3. The van der Waals surface area contributed by atoms with Crippen molar-refractivity contribution in [3.05, 3.63) is 33.1 Å². The van der Waals surface area contributed by atoms with Crippen LogP contribution in [0.1, 0.15) is 30.7 Å². The number of carbonyl (C=O) groups excluding carboxylic acids is 1. The normalized spacial score (nSPS) is 12.3. The summed E-state index contributed by atoms with van der Waals surface area (Å²) < 4.78 is 4.74. The van der Waals surface area contributed by atoms with Crippen LogP contribution in [-0.2, 0) is 16.1 Å². The van der Waals surface area contributed by atoms with Gasteiger partial charge in [-0.1, -0.05) is 13.8 Å². The zero-order chi connectivity index (χ0) is 16.2. The Morgan fingerprint density at radius 2 is 2.10 bits per heavy atom. The largest absolute Gasteiger partial charge is 0.468 e. The predicted octanol–water partition coefficient (Wildman–Crippen LogP) is 1.89. The van der Waals surface area contributed by atoms with Gasteiger partial charge in [0.2, 0.25) is 0 Å². The second-order valence-corrected chi connectivity index (χ2v) is 5.24. The number of ether oxygens (including phenoxy) is 1. The van der Waals surface area contributed by atoms with Crippen molar-refractivity contribution in [2.75, 3.05) is 7.11 Å². The van der Waals surface area contributed by atoms with Crippen LogP contribution in [-0.4, -0.2) is 29.0 Å². The number of rotatable bonds is 6. The van der Waals surface area contributed by atoms with Gasteiger partial charge < -0.3 is 4.74 Å². The number of nitrogens with zero attached hydrogens (tertiary/aromatic N) is 2. The first-order chi connectivity index (χ1) is 9.79. The van der Waals surface area contributed by atoms with E-state index in [1.165, 1.54) is 13.3 Å². The molecule has 0 aliphatic rings. The Labute approximate surface area is 123 Å². The van der Waals surface area contributed by atoms with Crippen molar-refractivity contribution in [2.45, 2.75) is 40.3 Å². The molecule has 1 N–H and O–H groups in total. The Kier molecular flexibility index (Phi) is 5.78. The molecule has 1 atom stereocenters. The number of carbonyl (C=O) groups is 1. The summed E-state index contributed by atoms with van der Waals surface area (Å²) in [5.41, 5.74) is 1.66. The summed E-state index contributed by atoms with van der Waals surface area (Å²) in [6.07, 6.45) is 1.48. The summed E-state index contributed by atoms with van der Waals surface area (Å²) >= 11 is 0. The molecule has 7 nitrogen and oxygen atoms in total. The van der Waals surface area contributed by atoms with E-state index in [1.54, 1.807) is 13.8 Å². The van der Waals surface area contributed by atoms with Gasteiger partial charge in [0.15, 0.2) is 0 Å². The van der Waals surface area contributed by atoms with Gasteiger partial charge in [0.1, 0.15) is 6.04 Å². The lowest BCUT2D eigenvalue weighted by Crippen LogP contribution is -2.41. The fourth-order valence-corrected chi connectivity index (χ4v) is 2.15. The zero-order valence-corrected chi connectivity index (χ0v) is 13.0. The SMILES string of the molecule is COC(=O)C(NCc1ncc(C)c([N+](=O)[O-])c1C)C(C)C. The maximum absolute atomic E-state index is 11.7. The molecule has 0 bridgehead atoms. The monoisotopic (exact) mass is 295 g/mol. The molecule has 21 heavy (non-hydrogen) atoms. The van der Waals surface area contributed by atoms with E-state index in [-0.39, 0.29) is 24.1 Å². The molecule has 0 saturated carbocycles. The molecule has 0 aliphatic heterocycles. The Morgan fingerprint density at radius 1 is 1.48 bits per heavy atom. The molecular formula is C14H21N3O4. The minimum Gasteiger partial charge on any atom is -0.468 e. The highest BCUT2D eigenvalue weighted by atomic mass is 16.6. The molecule has 1 aromatic heterocycles. The topological polar surface area (TPSA) is 94.4 Å². The molecule has 1 rings (SSSR count). The van der Waals surface area contributed by atoms with Crippen molar-refractivity contribution in [2.24, 2.45) is 5.92 Å². The van der Waals surface area contributed by atoms with Crippen molar-refractivity contribution < 1.29 is 14.5 Å². The molecule has 1 heterocycles. The van der Waals surface area contributed by atoms with Crippen LogP contribution in [0, 0.1) is 29.9 Å². The van der Waals surface area contributed by atoms with Gasteiger partial charge in [0, 0.05) is 23.9 Å². The third kappa shape index (κ3) is 3.98. The summed E-state index contributed by atoms with van der Waals surface area (Å²) in [6.45, 7) is 7.38. The van der Waals surface area contributed by atoms with Gasteiger partial charge in [-0.15, -0.1) is 0 Å². The number of hydrogen-bond acceptors (Lipinski definition) is 6. The van der Waals surface area contributed by atoms with Crippen molar-refractivity contribution >= 4 is 11.7 Å². The van der Waals surface area contributed by atoms with Gasteiger partial charge >= 0.3 is 5.97 Å². The van der Waals surface area contributed by atoms with E-state index in [2.05, 4.69) is 10.3 Å². The van der Waals surface area contributed by atoms with Crippen LogP contribution in [0.2, 0.25) is 0 Å². The molecule has 1 aromatic rings. The zero-order valence-electron chi connectivity index (χ0n) is 13.0. The Morgan fingerprint density at radius 3 is 2.57 bits per heavy atom. The maximum atomic E-state index is 11.7. The first-order valence-electron chi connectivity index (χ1n) is 6.70. The number of hydrogen-bond donors (Lipinski definition) is 1. The van der Waals surface area contributed by atoms with Crippen molar-refractivity contribution in [1.29, 1.82) is 0 Å². The lowest BCUT2D eigenvalue weighted by molar-refractivity contribution is -0.386. The number of nitrogens with one attached hydrogen (secondary N) is 1. The molecule has 116 valence electrons. The Bertz CT molecular complexity index is 543. The molecule has 0 aliphatic carbocycles. The Hall–Kier alpha value is -2.02. The molecule has 0 amide bonds. The highest BCUT2D eigenvalue weighted by Crippen LogP contribution is 2.24. The second kappa shape index (κ2) is 7.12. The van der Waals surface area contributed by atoms with Crippen LogP contribution < -0.4 is 5.32 Å². The molecular weight excluding hydrogens is 274 g/mol. The quantitative estimate of drug-likeness (QED) is 0.489. The highest BCUT2D eigenvalue weighted by molar-refractivity contribution is 5.75. The van der Waals surface area contributed by atoms with E-state index in [0.717, 1.165) is 0 Å². The van der Waals surface area contributed by atoms with E-state index in [0.29, 0.717) is 16.8 Å². The molecule has 0 saturated heterocycles. The first-order valence-corrected chi connectivity index (χ1v) is 6.70. The van der Waals surface area contributed by atoms with E-state index >= 15 is 0 Å². The molecule has 0 fully saturated rings. The van der Waals surface area contributed by atoms with Crippen molar-refractivity contribution in [3.63, 3.8) is 0 Å². The second-order valence-electron chi connectivity index (χ2n) is 5.24. The summed E-state index contributed by atoms with van der Waals surface area (Å²) in [7, 11) is 1.33. The predicted molar refractivity (Wildman–Crippen MR) is 77.8 cm³/mol. The third-order valence-electron chi connectivity index (χ3n) is 3.37. The van der Waals surface area contributed by atoms with Crippen LogP contribution in [0.25, 0.3) is 0 Å². The molecule has 0 aromatic carbocycles. The smallest absolute Gasteiger partial charge is 0.323 e. The number of methoxy groups -OCH3 is 1. The van der Waals surface area contributed by atoms with E-state index in [9.17, 15) is 14.9 Å². The number of nitro groups is 1. The van der Waals surface area contributed by atoms with Crippen LogP contribution in [0.3, 0.4) is 0 Å². The first kappa shape index (κ1) is 17.0. The van der Waals surface area contributed by atoms with E-state index < -0.39 is 11.0 Å². The van der Waals surface area contributed by atoms with E-state index in [4.69, 9.17) is 4.74 Å². The van der Waals surface area contributed by atoms with Crippen molar-refractivity contribution in [1.82, 2.24) is 10.3 Å². The van der Waals surface area contributed by atoms with Crippen LogP contribution in [0.15, 0.2) is 6.20 Å². The molecule has 1 unspecified atom stereocenters. The fourth-order valence-electron chi connectivity index (χ4n) is 2.15. The third-order valence-corrected chi connectivity index (χ3v) is 3.37. The lowest BCUT2D eigenvalue weighted by atomic mass is 10.0. The van der Waals surface area contributed by atoms with Gasteiger partial charge in [-0.3, -0.25) is 25.2 Å². The number of aryl methyl sites for hydroxylation is 1. The lowest BCUT2D eigenvalue weighted by Gasteiger charge is -2.20. The number of pyridine rings is 1. The highest BCUT2D eigenvalue weighted by Gasteiger charge is 2.24. The van der Waals surface area contributed by atoms with Crippen LogP contribution >= 0.6 is 0 Å². The van der Waals surface area contributed by atoms with Crippen LogP contribution in [0.4, 0.5) is 5.69 Å². The van der Waals surface area contributed by atoms with E-state index in [1.807, 2.05) is 13.8 Å². The molecule has 0 spiro atoms. The number of esters is 1. The average molecular weight is 295 g/mol. The summed E-state index contributed by atoms with van der Waals surface area (Å²) in [5, 5.41) is 14.1. The summed E-state index contributed by atoms with van der Waals surface area (Å²) in [5.74, 6) is -0.317. The minimum absolute atomic E-state index is 0.0400. The van der Waals surface area contributed by atoms with Crippen LogP contribution in [0.5, 0.6) is 0 Å². The van der Waals surface area contributed by atoms with Gasteiger partial charge in [-0.25, -0.2) is 0 Å². The molecule has 0 radical (unpaired) electrons. The Balaban J connectivity index is 2.96. The maximum Gasteiger partial charge on any atom is 0.323 e. The summed E-state index contributed by atoms with van der Waals surface area (Å²) in [4.78, 5) is 26.6. The fraction of sp³-hybridized carbons (Fsp3) is 0.571. The van der Waals surface area contributed by atoms with Crippen molar-refractivity contribution in [3.8, 4) is 0 Å². The minimum atomic E-state index is -0.475.